The Bertz CT molecular complexity index is 880. The third-order valence-electron chi connectivity index (χ3n) is 6.59. The monoisotopic (exact) mass is 504 g/mol. The van der Waals surface area contributed by atoms with Gasteiger partial charge in [-0.05, 0) is 35.6 Å². The minimum absolute atomic E-state index is 0.103. The predicted molar refractivity (Wildman–Crippen MR) is 143 cm³/mol. The molecule has 1 saturated heterocycles. The molecule has 0 bridgehead atoms. The summed E-state index contributed by atoms with van der Waals surface area (Å²) in [7, 11) is -1.11. The second-order valence-electron chi connectivity index (χ2n) is 11.7. The van der Waals surface area contributed by atoms with E-state index in [1.165, 1.54) is 10.5 Å². The van der Waals surface area contributed by atoms with Crippen LogP contribution in [0.3, 0.4) is 0 Å². The molecule has 1 aromatic rings. The molecule has 0 aromatic heterocycles. The van der Waals surface area contributed by atoms with Crippen LogP contribution < -0.4 is 0 Å². The molecule has 34 heavy (non-hydrogen) atoms. The Morgan fingerprint density at radius 1 is 1.12 bits per heavy atom. The minimum atomic E-state index is -1.24. The number of ether oxygens (including phenoxy) is 2. The lowest BCUT2D eigenvalue weighted by Gasteiger charge is -2.26. The summed E-state index contributed by atoms with van der Waals surface area (Å²) < 4.78 is 11.5. The van der Waals surface area contributed by atoms with Crippen LogP contribution in [-0.4, -0.2) is 68.8 Å². The van der Waals surface area contributed by atoms with Gasteiger partial charge in [-0.3, -0.25) is 14.5 Å². The highest BCUT2D eigenvalue weighted by Gasteiger charge is 2.43. The molecule has 0 radical (unpaired) electrons. The molecule has 2 aliphatic heterocycles. The van der Waals surface area contributed by atoms with Crippen LogP contribution in [0.25, 0.3) is 0 Å². The maximum absolute atomic E-state index is 12.9. The van der Waals surface area contributed by atoms with Gasteiger partial charge in [-0.2, -0.15) is 0 Å². The van der Waals surface area contributed by atoms with Crippen molar-refractivity contribution in [2.24, 2.45) is 5.41 Å². The Labute approximate surface area is 209 Å². The van der Waals surface area contributed by atoms with Crippen LogP contribution >= 0.6 is 0 Å². The summed E-state index contributed by atoms with van der Waals surface area (Å²) in [4.78, 5) is 29.0. The Morgan fingerprint density at radius 2 is 1.79 bits per heavy atom. The van der Waals surface area contributed by atoms with Gasteiger partial charge in [0.05, 0.1) is 25.5 Å². The number of hydrogen-bond acceptors (Lipinski definition) is 5. The van der Waals surface area contributed by atoms with Gasteiger partial charge in [-0.1, -0.05) is 57.8 Å². The maximum atomic E-state index is 12.9. The van der Waals surface area contributed by atoms with Gasteiger partial charge >= 0.3 is 11.9 Å². The highest BCUT2D eigenvalue weighted by atomic mass is 32.2. The van der Waals surface area contributed by atoms with Crippen molar-refractivity contribution in [3.05, 3.63) is 42.0 Å². The molecule has 5 nitrogen and oxygen atoms in total. The van der Waals surface area contributed by atoms with Crippen molar-refractivity contribution < 1.29 is 19.1 Å². The Morgan fingerprint density at radius 3 is 2.47 bits per heavy atom. The van der Waals surface area contributed by atoms with Gasteiger partial charge in [0.2, 0.25) is 0 Å². The molecule has 3 atom stereocenters. The molecule has 0 saturated carbocycles. The summed E-state index contributed by atoms with van der Waals surface area (Å²) in [5.41, 5.74) is 0.915. The van der Waals surface area contributed by atoms with Crippen molar-refractivity contribution in [3.63, 3.8) is 0 Å². The fourth-order valence-electron chi connectivity index (χ4n) is 4.69. The summed E-state index contributed by atoms with van der Waals surface area (Å²) in [6, 6.07) is 11.8. The molecule has 2 unspecified atom stereocenters. The number of nitrogens with zero attached hydrogens (tertiary/aromatic N) is 1. The summed E-state index contributed by atoms with van der Waals surface area (Å²) in [6.07, 6.45) is 5.84. The van der Waals surface area contributed by atoms with E-state index in [1.54, 1.807) is 0 Å². The van der Waals surface area contributed by atoms with Gasteiger partial charge in [0, 0.05) is 32.1 Å². The molecular formula is C27H42NO4SSi+. The van der Waals surface area contributed by atoms with E-state index >= 15 is 0 Å². The SMILES string of the molecule is C[S+](CC1=CCN2CCC(OC(=O)CC(C)(C)CC(=O)OCC[Si](C)(C)C)[C@@H]12)c1ccccc1. The van der Waals surface area contributed by atoms with E-state index < -0.39 is 13.5 Å². The zero-order valence-corrected chi connectivity index (χ0v) is 23.6. The van der Waals surface area contributed by atoms with Crippen molar-refractivity contribution in [3.8, 4) is 0 Å². The lowest BCUT2D eigenvalue weighted by Crippen LogP contribution is -2.37. The molecule has 0 aliphatic carbocycles. The lowest BCUT2D eigenvalue weighted by molar-refractivity contribution is -0.153. The first-order valence-corrected chi connectivity index (χ1v) is 17.9. The first-order chi connectivity index (χ1) is 15.9. The van der Waals surface area contributed by atoms with Gasteiger partial charge in [-0.25, -0.2) is 0 Å². The third kappa shape index (κ3) is 7.99. The largest absolute Gasteiger partial charge is 0.466 e. The van der Waals surface area contributed by atoms with Crippen LogP contribution in [-0.2, 0) is 30.0 Å². The number of rotatable bonds is 11. The summed E-state index contributed by atoms with van der Waals surface area (Å²) in [5, 5.41) is 0. The topological polar surface area (TPSA) is 55.8 Å². The Balaban J connectivity index is 1.50. The number of fused-ring (bicyclic) bond motifs is 1. The molecule has 1 aromatic carbocycles. The first kappa shape index (κ1) is 27.0. The molecule has 0 N–H and O–H groups in total. The average Bonchev–Trinajstić information content (AvgIpc) is 3.30. The molecule has 188 valence electrons. The van der Waals surface area contributed by atoms with Crippen molar-refractivity contribution in [1.82, 2.24) is 4.90 Å². The second-order valence-corrected chi connectivity index (χ2v) is 19.3. The van der Waals surface area contributed by atoms with Gasteiger partial charge in [0.15, 0.2) is 4.90 Å². The average molecular weight is 505 g/mol. The molecule has 1 fully saturated rings. The highest BCUT2D eigenvalue weighted by molar-refractivity contribution is 7.96. The zero-order chi connectivity index (χ0) is 24.9. The molecule has 2 aliphatic rings. The Kier molecular flexibility index (Phi) is 9.09. The predicted octanol–water partition coefficient (Wildman–Crippen LogP) is 4.91. The smallest absolute Gasteiger partial charge is 0.306 e. The van der Waals surface area contributed by atoms with E-state index in [2.05, 4.69) is 67.2 Å². The molecule has 2 heterocycles. The third-order valence-corrected chi connectivity index (χ3v) is 10.1. The highest BCUT2D eigenvalue weighted by Crippen LogP contribution is 2.34. The van der Waals surface area contributed by atoms with Crippen molar-refractivity contribution in [1.29, 1.82) is 0 Å². The van der Waals surface area contributed by atoms with Crippen LogP contribution in [0.4, 0.5) is 0 Å². The molecule has 3 rings (SSSR count). The normalized spacial score (nSPS) is 21.6. The van der Waals surface area contributed by atoms with Crippen molar-refractivity contribution in [2.45, 2.75) is 75.8 Å². The number of esters is 2. The van der Waals surface area contributed by atoms with E-state index in [0.29, 0.717) is 6.61 Å². The quantitative estimate of drug-likeness (QED) is 0.186. The fraction of sp³-hybridized carbons (Fsp3) is 0.630. The number of benzene rings is 1. The van der Waals surface area contributed by atoms with E-state index in [4.69, 9.17) is 9.47 Å². The lowest BCUT2D eigenvalue weighted by atomic mass is 9.86. The standard InChI is InChI=1S/C27H42NO4SSi/c1-27(2,18-24(29)31-16-17-34(4,5)6)19-25(30)32-23-13-15-28-14-12-21(26(23)28)20-33(3)22-10-8-7-9-11-22/h7-12,23,26H,13-20H2,1-6H3/q+1/t23?,26-,33?/m1/s1. The van der Waals surface area contributed by atoms with Crippen molar-refractivity contribution >= 4 is 30.9 Å². The van der Waals surface area contributed by atoms with Crippen LogP contribution in [0.2, 0.25) is 25.7 Å². The summed E-state index contributed by atoms with van der Waals surface area (Å²) in [5.74, 6) is 0.574. The van der Waals surface area contributed by atoms with Crippen LogP contribution in [0.5, 0.6) is 0 Å². The van der Waals surface area contributed by atoms with Crippen molar-refractivity contribution in [2.75, 3.05) is 31.7 Å². The minimum Gasteiger partial charge on any atom is -0.466 e. The van der Waals surface area contributed by atoms with Crippen LogP contribution in [0, 0.1) is 5.41 Å². The van der Waals surface area contributed by atoms with Gasteiger partial charge < -0.3 is 9.47 Å². The molecule has 0 amide bonds. The number of carbonyl (C=O) groups is 2. The molecular weight excluding hydrogens is 462 g/mol. The van der Waals surface area contributed by atoms with Gasteiger partial charge in [0.25, 0.3) is 0 Å². The van der Waals surface area contributed by atoms with Crippen LogP contribution in [0.15, 0.2) is 46.9 Å². The molecule has 7 heteroatoms. The summed E-state index contributed by atoms with van der Waals surface area (Å²) >= 11 is 0. The van der Waals surface area contributed by atoms with Gasteiger partial charge in [0.1, 0.15) is 18.1 Å². The zero-order valence-electron chi connectivity index (χ0n) is 21.8. The number of carbonyl (C=O) groups excluding carboxylic acids is 2. The van der Waals surface area contributed by atoms with E-state index in [9.17, 15) is 9.59 Å². The maximum Gasteiger partial charge on any atom is 0.306 e. The fourth-order valence-corrected chi connectivity index (χ4v) is 6.98. The van der Waals surface area contributed by atoms with Gasteiger partial charge in [-0.15, -0.1) is 0 Å². The van der Waals surface area contributed by atoms with Crippen LogP contribution in [0.1, 0.15) is 33.1 Å². The molecule has 0 spiro atoms. The van der Waals surface area contributed by atoms with E-state index in [0.717, 1.165) is 31.3 Å². The van der Waals surface area contributed by atoms with E-state index in [1.807, 2.05) is 13.8 Å². The summed E-state index contributed by atoms with van der Waals surface area (Å²) in [6.45, 7) is 13.0. The van der Waals surface area contributed by atoms with E-state index in [-0.39, 0.29) is 47.8 Å². The first-order valence-electron chi connectivity index (χ1n) is 12.4. The number of hydrogen-bond donors (Lipinski definition) is 0. The second kappa shape index (κ2) is 11.4. The Hall–Kier alpha value is -1.57.